The van der Waals surface area contributed by atoms with Gasteiger partial charge in [0, 0.05) is 18.9 Å². The summed E-state index contributed by atoms with van der Waals surface area (Å²) in [7, 11) is 0. The third-order valence-corrected chi connectivity index (χ3v) is 3.41. The van der Waals surface area contributed by atoms with Gasteiger partial charge in [0.1, 0.15) is 0 Å². The zero-order valence-corrected chi connectivity index (χ0v) is 12.6. The Hall–Kier alpha value is -1.61. The molecule has 2 atom stereocenters. The zero-order valence-electron chi connectivity index (χ0n) is 12.6. The molecule has 2 N–H and O–H groups in total. The Bertz CT molecular complexity index is 434. The van der Waals surface area contributed by atoms with E-state index in [1.165, 1.54) is 0 Å². The normalized spacial score (nSPS) is 14.4. The minimum atomic E-state index is -0.551. The molecule has 0 aliphatic carbocycles. The molecular formula is C17H25NO2. The van der Waals surface area contributed by atoms with Gasteiger partial charge in [0.15, 0.2) is 0 Å². The van der Waals surface area contributed by atoms with Crippen LogP contribution in [-0.2, 0) is 4.79 Å². The summed E-state index contributed by atoms with van der Waals surface area (Å²) in [5.74, 6) is -0.0648. The molecule has 0 aliphatic heterocycles. The van der Waals surface area contributed by atoms with Crippen molar-refractivity contribution in [2.45, 2.75) is 39.2 Å². The highest BCUT2D eigenvalue weighted by molar-refractivity contribution is 5.77. The van der Waals surface area contributed by atoms with Crippen LogP contribution in [0.2, 0.25) is 0 Å². The quantitative estimate of drug-likeness (QED) is 0.784. The van der Waals surface area contributed by atoms with Crippen LogP contribution in [0.5, 0.6) is 0 Å². The summed E-state index contributed by atoms with van der Waals surface area (Å²) in [6.45, 7) is 9.91. The minimum absolute atomic E-state index is 0.00276. The van der Waals surface area contributed by atoms with Crippen LogP contribution in [0, 0.1) is 5.41 Å². The van der Waals surface area contributed by atoms with Gasteiger partial charge in [-0.05, 0) is 11.0 Å². The lowest BCUT2D eigenvalue weighted by Gasteiger charge is -2.26. The van der Waals surface area contributed by atoms with Gasteiger partial charge in [-0.3, -0.25) is 4.79 Å². The van der Waals surface area contributed by atoms with Gasteiger partial charge in [-0.1, -0.05) is 57.2 Å². The third-order valence-electron chi connectivity index (χ3n) is 3.41. The summed E-state index contributed by atoms with van der Waals surface area (Å²) in [4.78, 5) is 11.9. The average Bonchev–Trinajstić information content (AvgIpc) is 2.42. The van der Waals surface area contributed by atoms with Gasteiger partial charge < -0.3 is 10.4 Å². The summed E-state index contributed by atoms with van der Waals surface area (Å²) >= 11 is 0. The summed E-state index contributed by atoms with van der Waals surface area (Å²) in [5, 5.41) is 12.7. The van der Waals surface area contributed by atoms with Crippen molar-refractivity contribution in [2.75, 3.05) is 6.54 Å². The Morgan fingerprint density at radius 2 is 1.95 bits per heavy atom. The first-order valence-electron chi connectivity index (χ1n) is 6.97. The van der Waals surface area contributed by atoms with Gasteiger partial charge in [-0.2, -0.15) is 0 Å². The van der Waals surface area contributed by atoms with E-state index < -0.39 is 6.10 Å². The fourth-order valence-corrected chi connectivity index (χ4v) is 1.83. The molecule has 3 nitrogen and oxygen atoms in total. The van der Waals surface area contributed by atoms with Crippen molar-refractivity contribution in [1.82, 2.24) is 5.32 Å². The summed E-state index contributed by atoms with van der Waals surface area (Å²) in [6.07, 6.45) is 1.59. The van der Waals surface area contributed by atoms with Crippen molar-refractivity contribution >= 4 is 5.91 Å². The maximum Gasteiger partial charge on any atom is 0.221 e. The standard InChI is InChI=1S/C17H25NO2/c1-5-13(14-9-7-6-8-10-14)11-16(20)18-12-15(19)17(2,3)4/h5-10,13,15,19H,1,11-12H2,2-4H3,(H,18,20). The molecule has 0 saturated carbocycles. The Labute approximate surface area is 121 Å². The van der Waals surface area contributed by atoms with Crippen LogP contribution in [0.1, 0.15) is 38.7 Å². The Kier molecular flexibility index (Phi) is 5.96. The predicted molar refractivity (Wildman–Crippen MR) is 82.5 cm³/mol. The molecule has 0 heterocycles. The van der Waals surface area contributed by atoms with Crippen LogP contribution in [0.15, 0.2) is 43.0 Å². The van der Waals surface area contributed by atoms with E-state index in [9.17, 15) is 9.90 Å². The predicted octanol–water partition coefficient (Wildman–Crippen LogP) is 2.87. The number of amides is 1. The van der Waals surface area contributed by atoms with Crippen molar-refractivity contribution in [2.24, 2.45) is 5.41 Å². The second-order valence-corrected chi connectivity index (χ2v) is 6.14. The smallest absolute Gasteiger partial charge is 0.221 e. The van der Waals surface area contributed by atoms with E-state index in [0.29, 0.717) is 6.42 Å². The van der Waals surface area contributed by atoms with E-state index in [-0.39, 0.29) is 23.8 Å². The van der Waals surface area contributed by atoms with Crippen LogP contribution in [0.3, 0.4) is 0 Å². The summed E-state index contributed by atoms with van der Waals surface area (Å²) in [5.41, 5.74) is 0.846. The van der Waals surface area contributed by atoms with Gasteiger partial charge in [-0.15, -0.1) is 6.58 Å². The Morgan fingerprint density at radius 1 is 1.35 bits per heavy atom. The number of aliphatic hydroxyl groups excluding tert-OH is 1. The first-order valence-corrected chi connectivity index (χ1v) is 6.97. The van der Waals surface area contributed by atoms with E-state index in [4.69, 9.17) is 0 Å². The maximum atomic E-state index is 11.9. The largest absolute Gasteiger partial charge is 0.391 e. The molecule has 0 aliphatic rings. The molecule has 2 unspecified atom stereocenters. The fourth-order valence-electron chi connectivity index (χ4n) is 1.83. The molecule has 0 saturated heterocycles. The van der Waals surface area contributed by atoms with Crippen LogP contribution >= 0.6 is 0 Å². The van der Waals surface area contributed by atoms with Crippen molar-refractivity contribution in [3.8, 4) is 0 Å². The van der Waals surface area contributed by atoms with Crippen LogP contribution in [-0.4, -0.2) is 23.7 Å². The number of allylic oxidation sites excluding steroid dienone is 1. The van der Waals surface area contributed by atoms with Gasteiger partial charge in [0.05, 0.1) is 6.10 Å². The molecule has 0 bridgehead atoms. The van der Waals surface area contributed by atoms with Crippen molar-refractivity contribution in [3.63, 3.8) is 0 Å². The fraction of sp³-hybridized carbons (Fsp3) is 0.471. The van der Waals surface area contributed by atoms with E-state index in [1.807, 2.05) is 51.1 Å². The third kappa shape index (κ3) is 5.17. The molecule has 0 aromatic heterocycles. The number of carbonyl (C=O) groups is 1. The minimum Gasteiger partial charge on any atom is -0.391 e. The molecule has 20 heavy (non-hydrogen) atoms. The zero-order chi connectivity index (χ0) is 15.2. The SMILES string of the molecule is C=CC(CC(=O)NCC(O)C(C)(C)C)c1ccccc1. The topological polar surface area (TPSA) is 49.3 Å². The summed E-state index contributed by atoms with van der Waals surface area (Å²) < 4.78 is 0. The molecular weight excluding hydrogens is 250 g/mol. The number of nitrogens with one attached hydrogen (secondary N) is 1. The number of hydrogen-bond acceptors (Lipinski definition) is 2. The maximum absolute atomic E-state index is 11.9. The van der Waals surface area contributed by atoms with Gasteiger partial charge in [-0.25, -0.2) is 0 Å². The molecule has 0 fully saturated rings. The molecule has 1 aromatic rings. The van der Waals surface area contributed by atoms with E-state index >= 15 is 0 Å². The number of carbonyl (C=O) groups excluding carboxylic acids is 1. The van der Waals surface area contributed by atoms with E-state index in [0.717, 1.165) is 5.56 Å². The monoisotopic (exact) mass is 275 g/mol. The second kappa shape index (κ2) is 7.25. The van der Waals surface area contributed by atoms with Crippen molar-refractivity contribution in [3.05, 3.63) is 48.6 Å². The molecule has 0 spiro atoms. The number of aliphatic hydroxyl groups is 1. The van der Waals surface area contributed by atoms with Crippen LogP contribution in [0.4, 0.5) is 0 Å². The number of benzene rings is 1. The molecule has 1 amide bonds. The molecule has 0 radical (unpaired) electrons. The summed E-state index contributed by atoms with van der Waals surface area (Å²) in [6, 6.07) is 9.83. The van der Waals surface area contributed by atoms with Crippen molar-refractivity contribution in [1.29, 1.82) is 0 Å². The highest BCUT2D eigenvalue weighted by Gasteiger charge is 2.22. The van der Waals surface area contributed by atoms with Crippen LogP contribution < -0.4 is 5.32 Å². The lowest BCUT2D eigenvalue weighted by molar-refractivity contribution is -0.122. The number of hydrogen-bond donors (Lipinski definition) is 2. The Morgan fingerprint density at radius 3 is 2.45 bits per heavy atom. The van der Waals surface area contributed by atoms with Gasteiger partial charge in [0.2, 0.25) is 5.91 Å². The first-order chi connectivity index (χ1) is 9.34. The molecule has 3 heteroatoms. The van der Waals surface area contributed by atoms with Crippen molar-refractivity contribution < 1.29 is 9.90 Å². The lowest BCUT2D eigenvalue weighted by Crippen LogP contribution is -2.39. The molecule has 110 valence electrons. The van der Waals surface area contributed by atoms with Crippen LogP contribution in [0.25, 0.3) is 0 Å². The molecule has 1 aromatic carbocycles. The average molecular weight is 275 g/mol. The number of rotatable bonds is 6. The lowest BCUT2D eigenvalue weighted by atomic mass is 9.89. The molecule has 1 rings (SSSR count). The van der Waals surface area contributed by atoms with E-state index in [2.05, 4.69) is 11.9 Å². The second-order valence-electron chi connectivity index (χ2n) is 6.14. The van der Waals surface area contributed by atoms with Gasteiger partial charge in [0.25, 0.3) is 0 Å². The van der Waals surface area contributed by atoms with E-state index in [1.54, 1.807) is 6.08 Å². The first kappa shape index (κ1) is 16.4. The Balaban J connectivity index is 2.51. The highest BCUT2D eigenvalue weighted by atomic mass is 16.3. The van der Waals surface area contributed by atoms with Gasteiger partial charge >= 0.3 is 0 Å². The highest BCUT2D eigenvalue weighted by Crippen LogP contribution is 2.21.